The number of thiazole rings is 1. The van der Waals surface area contributed by atoms with Gasteiger partial charge in [0.15, 0.2) is 5.13 Å². The second kappa shape index (κ2) is 6.24. The standard InChI is InChI=1S/C13H14Br2N2OS/c1-3-10-12(19-13(16)17-10)5-7-4-11(18-2)9(15)6-8(7)14/h4,6H,3,5H2,1-2H3,(H2,16,17). The molecule has 1 aromatic carbocycles. The normalized spacial score (nSPS) is 10.7. The fourth-order valence-electron chi connectivity index (χ4n) is 1.85. The highest BCUT2D eigenvalue weighted by Crippen LogP contribution is 2.34. The predicted octanol–water partition coefficient (Wildman–Crippen LogP) is 4.41. The number of aryl methyl sites for hydroxylation is 1. The fourth-order valence-corrected chi connectivity index (χ4v) is 4.09. The fraction of sp³-hybridized carbons (Fsp3) is 0.308. The molecule has 6 heteroatoms. The minimum atomic E-state index is 0.632. The zero-order valence-corrected chi connectivity index (χ0v) is 14.7. The number of methoxy groups -OCH3 is 1. The molecule has 0 bridgehead atoms. The minimum absolute atomic E-state index is 0.632. The van der Waals surface area contributed by atoms with Gasteiger partial charge in [-0.3, -0.25) is 0 Å². The van der Waals surface area contributed by atoms with Crippen LogP contribution in [0.25, 0.3) is 0 Å². The van der Waals surface area contributed by atoms with E-state index >= 15 is 0 Å². The van der Waals surface area contributed by atoms with Gasteiger partial charge < -0.3 is 10.5 Å². The first kappa shape index (κ1) is 14.8. The quantitative estimate of drug-likeness (QED) is 0.819. The van der Waals surface area contributed by atoms with Crippen molar-refractivity contribution in [3.05, 3.63) is 37.2 Å². The van der Waals surface area contributed by atoms with Crippen molar-refractivity contribution in [1.29, 1.82) is 0 Å². The number of ether oxygens (including phenoxy) is 1. The van der Waals surface area contributed by atoms with E-state index in [0.717, 1.165) is 33.2 Å². The summed E-state index contributed by atoms with van der Waals surface area (Å²) in [7, 11) is 1.67. The average Bonchev–Trinajstić information content (AvgIpc) is 2.73. The van der Waals surface area contributed by atoms with Crippen molar-refractivity contribution in [1.82, 2.24) is 4.98 Å². The third-order valence-corrected chi connectivity index (χ3v) is 5.09. The maximum Gasteiger partial charge on any atom is 0.180 e. The van der Waals surface area contributed by atoms with E-state index in [9.17, 15) is 0 Å². The number of nitrogens with zero attached hydrogens (tertiary/aromatic N) is 1. The Labute approximate surface area is 133 Å². The number of aromatic nitrogens is 1. The molecule has 3 nitrogen and oxygen atoms in total. The SMILES string of the molecule is CCc1nc(N)sc1Cc1cc(OC)c(Br)cc1Br. The van der Waals surface area contributed by atoms with Gasteiger partial charge in [0, 0.05) is 15.8 Å². The van der Waals surface area contributed by atoms with Crippen molar-refractivity contribution < 1.29 is 4.74 Å². The Morgan fingerprint density at radius 1 is 1.32 bits per heavy atom. The smallest absolute Gasteiger partial charge is 0.180 e. The van der Waals surface area contributed by atoms with Crippen LogP contribution in [0.5, 0.6) is 5.75 Å². The van der Waals surface area contributed by atoms with E-state index in [2.05, 4.69) is 43.8 Å². The number of halogens is 2. The van der Waals surface area contributed by atoms with Crippen molar-refractivity contribution in [2.75, 3.05) is 12.8 Å². The summed E-state index contributed by atoms with van der Waals surface area (Å²) in [6, 6.07) is 4.04. The first-order valence-corrected chi connectivity index (χ1v) is 8.21. The molecule has 0 radical (unpaired) electrons. The third kappa shape index (κ3) is 3.30. The number of nitrogen functional groups attached to an aromatic ring is 1. The molecule has 19 heavy (non-hydrogen) atoms. The number of nitrogens with two attached hydrogens (primary N) is 1. The monoisotopic (exact) mass is 404 g/mol. The zero-order valence-electron chi connectivity index (χ0n) is 10.7. The number of hydrogen-bond donors (Lipinski definition) is 1. The van der Waals surface area contributed by atoms with E-state index in [0.29, 0.717) is 5.13 Å². The molecule has 0 aliphatic rings. The molecular formula is C13H14Br2N2OS. The van der Waals surface area contributed by atoms with Crippen LogP contribution >= 0.6 is 43.2 Å². The Balaban J connectivity index is 2.37. The zero-order chi connectivity index (χ0) is 14.0. The van der Waals surface area contributed by atoms with Crippen molar-refractivity contribution in [2.45, 2.75) is 19.8 Å². The summed E-state index contributed by atoms with van der Waals surface area (Å²) >= 11 is 8.62. The van der Waals surface area contributed by atoms with Crippen LogP contribution in [0.2, 0.25) is 0 Å². The van der Waals surface area contributed by atoms with Gasteiger partial charge in [0.1, 0.15) is 5.75 Å². The molecule has 0 amide bonds. The molecule has 0 aliphatic carbocycles. The van der Waals surface area contributed by atoms with Crippen LogP contribution < -0.4 is 10.5 Å². The van der Waals surface area contributed by atoms with Crippen molar-refractivity contribution >= 4 is 48.3 Å². The van der Waals surface area contributed by atoms with E-state index in [1.54, 1.807) is 18.4 Å². The van der Waals surface area contributed by atoms with Gasteiger partial charge in [0.05, 0.1) is 17.3 Å². The molecule has 1 heterocycles. The molecule has 1 aromatic heterocycles. The van der Waals surface area contributed by atoms with Gasteiger partial charge in [-0.1, -0.05) is 22.9 Å². The Morgan fingerprint density at radius 3 is 2.68 bits per heavy atom. The number of benzene rings is 1. The van der Waals surface area contributed by atoms with Crippen LogP contribution in [-0.2, 0) is 12.8 Å². The van der Waals surface area contributed by atoms with Gasteiger partial charge >= 0.3 is 0 Å². The highest BCUT2D eigenvalue weighted by atomic mass is 79.9. The van der Waals surface area contributed by atoms with E-state index in [1.165, 1.54) is 10.4 Å². The van der Waals surface area contributed by atoms with Gasteiger partial charge in [0.2, 0.25) is 0 Å². The first-order chi connectivity index (χ1) is 9.05. The van der Waals surface area contributed by atoms with Crippen molar-refractivity contribution in [2.24, 2.45) is 0 Å². The minimum Gasteiger partial charge on any atom is -0.496 e. The van der Waals surface area contributed by atoms with Crippen molar-refractivity contribution in [3.63, 3.8) is 0 Å². The summed E-state index contributed by atoms with van der Waals surface area (Å²) in [6.45, 7) is 2.09. The maximum atomic E-state index is 5.79. The maximum absolute atomic E-state index is 5.79. The van der Waals surface area contributed by atoms with E-state index in [1.807, 2.05) is 12.1 Å². The molecule has 2 N–H and O–H groups in total. The Hall–Kier alpha value is -0.590. The second-order valence-electron chi connectivity index (χ2n) is 4.03. The van der Waals surface area contributed by atoms with E-state index in [4.69, 9.17) is 10.5 Å². The van der Waals surface area contributed by atoms with Crippen LogP contribution in [0.15, 0.2) is 21.1 Å². The largest absolute Gasteiger partial charge is 0.496 e. The van der Waals surface area contributed by atoms with Crippen LogP contribution in [0.1, 0.15) is 23.1 Å². The third-order valence-electron chi connectivity index (χ3n) is 2.80. The second-order valence-corrected chi connectivity index (χ2v) is 6.85. The van der Waals surface area contributed by atoms with Crippen molar-refractivity contribution in [3.8, 4) is 5.75 Å². The lowest BCUT2D eigenvalue weighted by Gasteiger charge is -2.09. The number of anilines is 1. The molecule has 102 valence electrons. The predicted molar refractivity (Wildman–Crippen MR) is 87.1 cm³/mol. The molecule has 2 rings (SSSR count). The van der Waals surface area contributed by atoms with Gasteiger partial charge in [-0.25, -0.2) is 4.98 Å². The van der Waals surface area contributed by atoms with Gasteiger partial charge in [-0.15, -0.1) is 11.3 Å². The Kier molecular flexibility index (Phi) is 4.86. The van der Waals surface area contributed by atoms with Crippen LogP contribution in [0.4, 0.5) is 5.13 Å². The van der Waals surface area contributed by atoms with E-state index < -0.39 is 0 Å². The summed E-state index contributed by atoms with van der Waals surface area (Å²) in [5.74, 6) is 0.828. The average molecular weight is 406 g/mol. The molecule has 0 atom stereocenters. The lowest BCUT2D eigenvalue weighted by Crippen LogP contribution is -1.94. The highest BCUT2D eigenvalue weighted by molar-refractivity contribution is 9.11. The number of rotatable bonds is 4. The molecule has 0 unspecified atom stereocenters. The molecule has 2 aromatic rings. The summed E-state index contributed by atoms with van der Waals surface area (Å²) in [5, 5.41) is 0.632. The lowest BCUT2D eigenvalue weighted by molar-refractivity contribution is 0.411. The Morgan fingerprint density at radius 2 is 2.05 bits per heavy atom. The van der Waals surface area contributed by atoms with E-state index in [-0.39, 0.29) is 0 Å². The van der Waals surface area contributed by atoms with Gasteiger partial charge in [-0.2, -0.15) is 0 Å². The van der Waals surface area contributed by atoms with Crippen LogP contribution in [-0.4, -0.2) is 12.1 Å². The number of hydrogen-bond acceptors (Lipinski definition) is 4. The lowest BCUT2D eigenvalue weighted by atomic mass is 10.1. The first-order valence-electron chi connectivity index (χ1n) is 5.81. The van der Waals surface area contributed by atoms with Crippen LogP contribution in [0.3, 0.4) is 0 Å². The topological polar surface area (TPSA) is 48.1 Å². The molecule has 0 spiro atoms. The van der Waals surface area contributed by atoms with Crippen LogP contribution in [0, 0.1) is 0 Å². The molecular weight excluding hydrogens is 392 g/mol. The summed E-state index contributed by atoms with van der Waals surface area (Å²) in [4.78, 5) is 5.57. The summed E-state index contributed by atoms with van der Waals surface area (Å²) < 4.78 is 7.32. The Bertz CT molecular complexity index is 599. The molecule has 0 saturated carbocycles. The summed E-state index contributed by atoms with van der Waals surface area (Å²) in [6.07, 6.45) is 1.70. The van der Waals surface area contributed by atoms with Gasteiger partial charge in [-0.05, 0) is 40.0 Å². The highest BCUT2D eigenvalue weighted by Gasteiger charge is 2.13. The summed E-state index contributed by atoms with van der Waals surface area (Å²) in [5.41, 5.74) is 8.04. The van der Waals surface area contributed by atoms with Gasteiger partial charge in [0.25, 0.3) is 0 Å². The molecule has 0 fully saturated rings. The molecule has 0 saturated heterocycles. The molecule has 0 aliphatic heterocycles.